The van der Waals surface area contributed by atoms with Crippen LogP contribution in [0.25, 0.3) is 0 Å². The van der Waals surface area contributed by atoms with Gasteiger partial charge in [-0.3, -0.25) is 4.66 Å². The highest BCUT2D eigenvalue weighted by Gasteiger charge is 2.40. The van der Waals surface area contributed by atoms with Crippen molar-refractivity contribution in [2.24, 2.45) is 4.66 Å². The van der Waals surface area contributed by atoms with Gasteiger partial charge in [0.05, 0.1) is 6.10 Å². The highest BCUT2D eigenvalue weighted by Crippen LogP contribution is 2.12. The Morgan fingerprint density at radius 3 is 1.25 bits per heavy atom. The molecule has 3 aromatic carbocycles. The van der Waals surface area contributed by atoms with Crippen molar-refractivity contribution in [3.8, 4) is 0 Å². The third-order valence-corrected chi connectivity index (χ3v) is 8.99. The second kappa shape index (κ2) is 8.57. The molecule has 144 valence electrons. The van der Waals surface area contributed by atoms with E-state index < -0.39 is 8.24 Å². The lowest BCUT2D eigenvalue weighted by Gasteiger charge is -2.29. The molecule has 0 N–H and O–H groups in total. The molecular weight excluding hydrogens is 358 g/mol. The molecule has 3 aromatic rings. The molecule has 0 heterocycles. The predicted molar refractivity (Wildman–Crippen MR) is 123 cm³/mol. The van der Waals surface area contributed by atoms with Crippen molar-refractivity contribution in [2.45, 2.75) is 40.7 Å². The van der Waals surface area contributed by atoms with Gasteiger partial charge in [0.2, 0.25) is 0 Å². The van der Waals surface area contributed by atoms with E-state index in [1.54, 1.807) is 6.40 Å². The molecule has 0 spiro atoms. The van der Waals surface area contributed by atoms with E-state index in [2.05, 4.69) is 93.6 Å². The van der Waals surface area contributed by atoms with Crippen LogP contribution in [0.15, 0.2) is 77.5 Å². The summed E-state index contributed by atoms with van der Waals surface area (Å²) in [6.07, 6.45) is 1.78. The molecule has 0 atom stereocenters. The van der Waals surface area contributed by atoms with Crippen LogP contribution in [-0.4, -0.2) is 20.7 Å². The molecule has 0 aromatic heterocycles. The fourth-order valence-electron chi connectivity index (χ4n) is 3.34. The van der Waals surface area contributed by atoms with Crippen LogP contribution in [0, 0.1) is 20.8 Å². The third-order valence-electron chi connectivity index (χ3n) is 4.99. The van der Waals surface area contributed by atoms with Gasteiger partial charge < -0.3 is 4.74 Å². The van der Waals surface area contributed by atoms with Crippen molar-refractivity contribution in [3.05, 3.63) is 89.5 Å². The maximum atomic E-state index is 5.78. The molecule has 0 unspecified atom stereocenters. The summed E-state index contributed by atoms with van der Waals surface area (Å²) in [7, 11) is -2.62. The van der Waals surface area contributed by atoms with Gasteiger partial charge in [-0.1, -0.05) is 89.5 Å². The summed E-state index contributed by atoms with van der Waals surface area (Å²) in [4.78, 5) is 0. The molecule has 0 amide bonds. The molecule has 0 bridgehead atoms. The standard InChI is InChI=1S/C25H29NOSi/c1-19(2)27-18-26-28(23-12-6-20(3)7-13-23,24-14-8-21(4)9-15-24)25-16-10-22(5)11-17-25/h6-19H,1-5H3/b26-18+. The molecule has 0 saturated heterocycles. The lowest BCUT2D eigenvalue weighted by Crippen LogP contribution is -2.66. The minimum Gasteiger partial charge on any atom is -0.482 e. The second-order valence-electron chi connectivity index (χ2n) is 7.73. The van der Waals surface area contributed by atoms with Crippen molar-refractivity contribution >= 4 is 30.2 Å². The Hall–Kier alpha value is -2.65. The van der Waals surface area contributed by atoms with Crippen LogP contribution in [0.2, 0.25) is 0 Å². The van der Waals surface area contributed by atoms with E-state index in [-0.39, 0.29) is 6.10 Å². The van der Waals surface area contributed by atoms with Gasteiger partial charge in [0, 0.05) is 0 Å². The average molecular weight is 388 g/mol. The van der Waals surface area contributed by atoms with E-state index in [1.165, 1.54) is 32.3 Å². The topological polar surface area (TPSA) is 21.6 Å². The van der Waals surface area contributed by atoms with Gasteiger partial charge >= 0.3 is 0 Å². The van der Waals surface area contributed by atoms with E-state index in [4.69, 9.17) is 9.39 Å². The van der Waals surface area contributed by atoms with Crippen LogP contribution in [-0.2, 0) is 4.74 Å². The van der Waals surface area contributed by atoms with E-state index in [0.717, 1.165) is 0 Å². The molecule has 0 saturated carbocycles. The van der Waals surface area contributed by atoms with Gasteiger partial charge in [-0.05, 0) is 50.2 Å². The number of hydrogen-bond acceptors (Lipinski definition) is 2. The highest BCUT2D eigenvalue weighted by atomic mass is 28.3. The van der Waals surface area contributed by atoms with E-state index >= 15 is 0 Å². The lowest BCUT2D eigenvalue weighted by molar-refractivity contribution is 0.242. The molecule has 0 fully saturated rings. The summed E-state index contributed by atoms with van der Waals surface area (Å²) in [5, 5.41) is 3.78. The van der Waals surface area contributed by atoms with Gasteiger partial charge in [0.15, 0.2) is 6.40 Å². The molecule has 2 nitrogen and oxygen atoms in total. The van der Waals surface area contributed by atoms with Crippen LogP contribution in [0.1, 0.15) is 30.5 Å². The molecule has 0 aliphatic heterocycles. The third kappa shape index (κ3) is 4.25. The number of rotatable bonds is 6. The van der Waals surface area contributed by atoms with Gasteiger partial charge in [-0.2, -0.15) is 0 Å². The first-order valence-corrected chi connectivity index (χ1v) is 11.8. The van der Waals surface area contributed by atoms with Gasteiger partial charge in [-0.25, -0.2) is 0 Å². The quantitative estimate of drug-likeness (QED) is 0.271. The van der Waals surface area contributed by atoms with Gasteiger partial charge in [-0.15, -0.1) is 0 Å². The van der Waals surface area contributed by atoms with Crippen LogP contribution < -0.4 is 15.6 Å². The Bertz CT molecular complexity index is 815. The average Bonchev–Trinajstić information content (AvgIpc) is 2.68. The monoisotopic (exact) mass is 387 g/mol. The first-order chi connectivity index (χ1) is 13.4. The van der Waals surface area contributed by atoms with E-state index in [1.807, 2.05) is 13.8 Å². The van der Waals surface area contributed by atoms with Crippen LogP contribution >= 0.6 is 0 Å². The molecule has 0 aliphatic rings. The Kier molecular flexibility index (Phi) is 6.15. The fraction of sp³-hybridized carbons (Fsp3) is 0.240. The van der Waals surface area contributed by atoms with Crippen molar-refractivity contribution in [2.75, 3.05) is 0 Å². The molecular formula is C25H29NOSi. The predicted octanol–water partition coefficient (Wildman–Crippen LogP) is 4.03. The van der Waals surface area contributed by atoms with Crippen LogP contribution in [0.4, 0.5) is 0 Å². The number of aryl methyl sites for hydroxylation is 3. The summed E-state index contributed by atoms with van der Waals surface area (Å²) in [5.74, 6) is 0. The lowest BCUT2D eigenvalue weighted by atomic mass is 10.2. The van der Waals surface area contributed by atoms with Gasteiger partial charge in [0.1, 0.15) is 0 Å². The number of benzene rings is 3. The minimum atomic E-state index is -2.62. The maximum absolute atomic E-state index is 5.78. The molecule has 28 heavy (non-hydrogen) atoms. The van der Waals surface area contributed by atoms with Crippen molar-refractivity contribution < 1.29 is 4.74 Å². The Labute approximate surface area is 170 Å². The largest absolute Gasteiger partial charge is 0.482 e. The van der Waals surface area contributed by atoms with Crippen molar-refractivity contribution in [1.29, 1.82) is 0 Å². The van der Waals surface area contributed by atoms with Gasteiger partial charge in [0.25, 0.3) is 8.24 Å². The summed E-state index contributed by atoms with van der Waals surface area (Å²) in [6.45, 7) is 10.4. The second-order valence-corrected chi connectivity index (χ2v) is 11.1. The highest BCUT2D eigenvalue weighted by molar-refractivity contribution is 7.10. The normalized spacial score (nSPS) is 11.9. The first kappa shape index (κ1) is 20.1. The van der Waals surface area contributed by atoms with E-state index in [0.29, 0.717) is 0 Å². The molecule has 0 radical (unpaired) electrons. The molecule has 0 aliphatic carbocycles. The Morgan fingerprint density at radius 2 is 0.964 bits per heavy atom. The Morgan fingerprint density at radius 1 is 0.643 bits per heavy atom. The SMILES string of the molecule is Cc1ccc([Si](/N=C/OC(C)C)(c2ccc(C)cc2)c2ccc(C)cc2)cc1. The number of hydrogen-bond donors (Lipinski definition) is 0. The summed E-state index contributed by atoms with van der Waals surface area (Å²) < 4.78 is 11.0. The number of nitrogens with zero attached hydrogens (tertiary/aromatic N) is 1. The molecule has 3 heteroatoms. The minimum absolute atomic E-state index is 0.101. The van der Waals surface area contributed by atoms with Crippen LogP contribution in [0.5, 0.6) is 0 Å². The molecule has 3 rings (SSSR count). The Balaban J connectivity index is 2.29. The fourth-order valence-corrected chi connectivity index (χ4v) is 6.95. The van der Waals surface area contributed by atoms with Crippen molar-refractivity contribution in [3.63, 3.8) is 0 Å². The smallest absolute Gasteiger partial charge is 0.277 e. The zero-order valence-corrected chi connectivity index (χ0v) is 18.4. The maximum Gasteiger partial charge on any atom is 0.277 e. The first-order valence-electron chi connectivity index (χ1n) is 9.82. The van der Waals surface area contributed by atoms with Crippen LogP contribution in [0.3, 0.4) is 0 Å². The summed E-state index contributed by atoms with van der Waals surface area (Å²) in [5.41, 5.74) is 3.76. The zero-order valence-electron chi connectivity index (χ0n) is 17.4. The zero-order chi connectivity index (χ0) is 20.1. The summed E-state index contributed by atoms with van der Waals surface area (Å²) in [6, 6.07) is 26.5. The number of ether oxygens (including phenoxy) is 1. The summed E-state index contributed by atoms with van der Waals surface area (Å²) >= 11 is 0. The van der Waals surface area contributed by atoms with Crippen molar-refractivity contribution in [1.82, 2.24) is 0 Å². The van der Waals surface area contributed by atoms with E-state index in [9.17, 15) is 0 Å².